The number of hydrogen-bond donors (Lipinski definition) is 2. The molecule has 0 amide bonds. The van der Waals surface area contributed by atoms with Crippen molar-refractivity contribution in [3.05, 3.63) is 16.6 Å². The Bertz CT molecular complexity index is 386. The Balaban J connectivity index is 1.62. The first-order valence-corrected chi connectivity index (χ1v) is 9.15. The van der Waals surface area contributed by atoms with Crippen LogP contribution in [0.5, 0.6) is 0 Å². The van der Waals surface area contributed by atoms with Gasteiger partial charge in [-0.1, -0.05) is 19.8 Å². The van der Waals surface area contributed by atoms with E-state index < -0.39 is 0 Å². The lowest BCUT2D eigenvalue weighted by atomic mass is 9.88. The van der Waals surface area contributed by atoms with Gasteiger partial charge in [0.05, 0.1) is 6.04 Å². The van der Waals surface area contributed by atoms with Gasteiger partial charge < -0.3 is 10.6 Å². The molecule has 0 radical (unpaired) electrons. The normalized spacial score (nSPS) is 32.4. The highest BCUT2D eigenvalue weighted by atomic mass is 32.1. The number of hydrogen-bond acceptors (Lipinski definition) is 4. The zero-order chi connectivity index (χ0) is 13.8. The maximum absolute atomic E-state index is 4.51. The summed E-state index contributed by atoms with van der Waals surface area (Å²) in [5.41, 5.74) is 0. The zero-order valence-corrected chi connectivity index (χ0v) is 13.3. The minimum atomic E-state index is 0.448. The minimum Gasteiger partial charge on any atom is -0.314 e. The number of nitrogens with zero attached hydrogens (tertiary/aromatic N) is 1. The van der Waals surface area contributed by atoms with Crippen LogP contribution in [-0.4, -0.2) is 23.6 Å². The number of rotatable bonds is 5. The van der Waals surface area contributed by atoms with Crippen molar-refractivity contribution in [2.45, 2.75) is 70.0 Å². The van der Waals surface area contributed by atoms with Gasteiger partial charge in [-0.25, -0.2) is 4.98 Å². The van der Waals surface area contributed by atoms with Gasteiger partial charge in [0.1, 0.15) is 5.01 Å². The molecule has 4 unspecified atom stereocenters. The van der Waals surface area contributed by atoms with Crippen LogP contribution in [0.3, 0.4) is 0 Å². The Morgan fingerprint density at radius 1 is 1.35 bits per heavy atom. The topological polar surface area (TPSA) is 37.0 Å². The Morgan fingerprint density at radius 3 is 3.00 bits per heavy atom. The molecule has 2 aliphatic rings. The maximum Gasteiger partial charge on any atom is 0.109 e. The molecule has 2 heterocycles. The quantitative estimate of drug-likeness (QED) is 0.872. The summed E-state index contributed by atoms with van der Waals surface area (Å²) in [6, 6.07) is 1.88. The first-order valence-electron chi connectivity index (χ1n) is 8.27. The van der Waals surface area contributed by atoms with Gasteiger partial charge in [-0.05, 0) is 44.6 Å². The van der Waals surface area contributed by atoms with Crippen molar-refractivity contribution >= 4 is 11.3 Å². The highest BCUT2D eigenvalue weighted by molar-refractivity contribution is 7.09. The van der Waals surface area contributed by atoms with Crippen LogP contribution in [0.4, 0.5) is 0 Å². The highest BCUT2D eigenvalue weighted by Gasteiger charge is 2.35. The largest absolute Gasteiger partial charge is 0.314 e. The van der Waals surface area contributed by atoms with E-state index >= 15 is 0 Å². The Hall–Kier alpha value is -0.450. The summed E-state index contributed by atoms with van der Waals surface area (Å²) >= 11 is 1.79. The second kappa shape index (κ2) is 7.01. The van der Waals surface area contributed by atoms with Crippen LogP contribution in [0.1, 0.15) is 62.9 Å². The van der Waals surface area contributed by atoms with Crippen molar-refractivity contribution < 1.29 is 0 Å². The van der Waals surface area contributed by atoms with Crippen LogP contribution in [0.2, 0.25) is 0 Å². The molecule has 1 aliphatic carbocycles. The molecule has 1 saturated heterocycles. The zero-order valence-electron chi connectivity index (χ0n) is 12.5. The number of piperidine rings is 1. The lowest BCUT2D eigenvalue weighted by Gasteiger charge is -2.34. The summed E-state index contributed by atoms with van der Waals surface area (Å²) in [7, 11) is 0. The molecule has 1 aliphatic heterocycles. The van der Waals surface area contributed by atoms with Crippen molar-refractivity contribution in [3.8, 4) is 0 Å². The fourth-order valence-electron chi connectivity index (χ4n) is 3.95. The average Bonchev–Trinajstić information content (AvgIpc) is 3.17. The predicted molar refractivity (Wildman–Crippen MR) is 85.1 cm³/mol. The molecule has 4 atom stereocenters. The molecule has 1 saturated carbocycles. The van der Waals surface area contributed by atoms with Gasteiger partial charge in [-0.15, -0.1) is 11.3 Å². The van der Waals surface area contributed by atoms with Crippen molar-refractivity contribution in [3.63, 3.8) is 0 Å². The van der Waals surface area contributed by atoms with E-state index in [9.17, 15) is 0 Å². The van der Waals surface area contributed by atoms with Crippen LogP contribution >= 0.6 is 11.3 Å². The molecule has 20 heavy (non-hydrogen) atoms. The Labute approximate surface area is 126 Å². The smallest absolute Gasteiger partial charge is 0.109 e. The second-order valence-corrected chi connectivity index (χ2v) is 7.18. The molecular formula is C16H27N3S. The molecule has 1 aromatic heterocycles. The van der Waals surface area contributed by atoms with Crippen LogP contribution in [-0.2, 0) is 0 Å². The molecule has 4 heteroatoms. The lowest BCUT2D eigenvalue weighted by Crippen LogP contribution is -2.47. The van der Waals surface area contributed by atoms with Crippen LogP contribution in [0.25, 0.3) is 0 Å². The van der Waals surface area contributed by atoms with Crippen molar-refractivity contribution in [1.29, 1.82) is 0 Å². The van der Waals surface area contributed by atoms with Gasteiger partial charge in [0, 0.05) is 23.7 Å². The third-order valence-corrected chi connectivity index (χ3v) is 5.90. The summed E-state index contributed by atoms with van der Waals surface area (Å²) in [4.78, 5) is 4.51. The third-order valence-electron chi connectivity index (χ3n) is 5.01. The van der Waals surface area contributed by atoms with Crippen LogP contribution < -0.4 is 10.6 Å². The van der Waals surface area contributed by atoms with Gasteiger partial charge in [-0.2, -0.15) is 0 Å². The molecule has 2 N–H and O–H groups in total. The Morgan fingerprint density at radius 2 is 2.30 bits per heavy atom. The second-order valence-electron chi connectivity index (χ2n) is 6.26. The lowest BCUT2D eigenvalue weighted by molar-refractivity contribution is 0.244. The Kier molecular flexibility index (Phi) is 5.08. The van der Waals surface area contributed by atoms with Gasteiger partial charge in [0.25, 0.3) is 0 Å². The van der Waals surface area contributed by atoms with E-state index in [1.807, 2.05) is 6.20 Å². The summed E-state index contributed by atoms with van der Waals surface area (Å²) in [6.45, 7) is 3.49. The van der Waals surface area contributed by atoms with Gasteiger partial charge in [0.15, 0.2) is 0 Å². The molecule has 0 spiro atoms. The number of thiazole rings is 1. The van der Waals surface area contributed by atoms with Gasteiger partial charge in [-0.3, -0.25) is 0 Å². The molecule has 0 bridgehead atoms. The van der Waals surface area contributed by atoms with Crippen molar-refractivity contribution in [1.82, 2.24) is 15.6 Å². The van der Waals surface area contributed by atoms with Crippen LogP contribution in [0.15, 0.2) is 11.6 Å². The summed E-state index contributed by atoms with van der Waals surface area (Å²) in [6.07, 6.45) is 11.3. The van der Waals surface area contributed by atoms with E-state index in [0.29, 0.717) is 12.1 Å². The van der Waals surface area contributed by atoms with E-state index in [1.54, 1.807) is 11.3 Å². The molecule has 2 fully saturated rings. The summed E-state index contributed by atoms with van der Waals surface area (Å²) < 4.78 is 0. The molecule has 0 aromatic carbocycles. The summed E-state index contributed by atoms with van der Waals surface area (Å²) in [5.74, 6) is 0.823. The van der Waals surface area contributed by atoms with E-state index in [2.05, 4.69) is 27.9 Å². The van der Waals surface area contributed by atoms with Gasteiger partial charge >= 0.3 is 0 Å². The maximum atomic E-state index is 4.51. The fraction of sp³-hybridized carbons (Fsp3) is 0.812. The van der Waals surface area contributed by atoms with Crippen LogP contribution in [0, 0.1) is 5.92 Å². The predicted octanol–water partition coefficient (Wildman–Crippen LogP) is 3.49. The monoisotopic (exact) mass is 293 g/mol. The standard InChI is InChI=1S/C16H27N3S/c1-2-13(16-18-10-11-20-16)19-15-8-5-6-12(15)14-7-3-4-9-17-14/h10-15,17,19H,2-9H2,1H3. The van der Waals surface area contributed by atoms with E-state index in [1.165, 1.54) is 50.1 Å². The first kappa shape index (κ1) is 14.5. The van der Waals surface area contributed by atoms with Crippen molar-refractivity contribution in [2.75, 3.05) is 6.54 Å². The van der Waals surface area contributed by atoms with Crippen molar-refractivity contribution in [2.24, 2.45) is 5.92 Å². The highest BCUT2D eigenvalue weighted by Crippen LogP contribution is 2.34. The molecule has 3 nitrogen and oxygen atoms in total. The molecule has 112 valence electrons. The SMILES string of the molecule is CCC(NC1CCCC1C1CCCCN1)c1nccs1. The third kappa shape index (κ3) is 3.23. The minimum absolute atomic E-state index is 0.448. The van der Waals surface area contributed by atoms with E-state index in [0.717, 1.165) is 18.4 Å². The molecular weight excluding hydrogens is 266 g/mol. The van der Waals surface area contributed by atoms with E-state index in [4.69, 9.17) is 0 Å². The summed E-state index contributed by atoms with van der Waals surface area (Å²) in [5, 5.41) is 11.0. The first-order chi connectivity index (χ1) is 9.88. The van der Waals surface area contributed by atoms with E-state index in [-0.39, 0.29) is 0 Å². The molecule has 1 aromatic rings. The number of nitrogens with one attached hydrogen (secondary N) is 2. The number of aromatic nitrogens is 1. The van der Waals surface area contributed by atoms with Gasteiger partial charge in [0.2, 0.25) is 0 Å². The fourth-order valence-corrected chi connectivity index (χ4v) is 4.73. The average molecular weight is 293 g/mol. The molecule has 3 rings (SSSR count).